The molecule has 0 saturated heterocycles. The molecule has 1 aromatic carbocycles. The maximum atomic E-state index is 5.72. The van der Waals surface area contributed by atoms with Crippen LogP contribution >= 0.6 is 0 Å². The first kappa shape index (κ1) is 7.13. The lowest BCUT2D eigenvalue weighted by Gasteiger charge is -2.04. The second-order valence-corrected chi connectivity index (χ2v) is 2.80. The van der Waals surface area contributed by atoms with Crippen LogP contribution in [0.25, 0.3) is 0 Å². The van der Waals surface area contributed by atoms with E-state index < -0.39 is 0 Å². The van der Waals surface area contributed by atoms with Crippen LogP contribution in [0.2, 0.25) is 0 Å². The van der Waals surface area contributed by atoms with E-state index in [0.29, 0.717) is 0 Å². The van der Waals surface area contributed by atoms with Crippen LogP contribution in [0.5, 0.6) is 0 Å². The van der Waals surface area contributed by atoms with Crippen molar-refractivity contribution < 1.29 is 0 Å². The van der Waals surface area contributed by atoms with Gasteiger partial charge in [-0.3, -0.25) is 0 Å². The van der Waals surface area contributed by atoms with E-state index in [1.807, 2.05) is 13.0 Å². The molecule has 1 heteroatoms. The molecule has 54 valence electrons. The smallest absolute Gasteiger partial charge is 0.0349 e. The van der Waals surface area contributed by atoms with E-state index in [4.69, 9.17) is 5.73 Å². The van der Waals surface area contributed by atoms with Gasteiger partial charge in [0.25, 0.3) is 0 Å². The van der Waals surface area contributed by atoms with Gasteiger partial charge in [0.2, 0.25) is 0 Å². The van der Waals surface area contributed by atoms with Crippen molar-refractivity contribution in [2.45, 2.75) is 20.8 Å². The van der Waals surface area contributed by atoms with Crippen molar-refractivity contribution in [1.82, 2.24) is 0 Å². The normalized spacial score (nSPS) is 9.90. The summed E-state index contributed by atoms with van der Waals surface area (Å²) in [5, 5.41) is 0. The average Bonchev–Trinajstić information content (AvgIpc) is 1.82. The minimum atomic E-state index is 0.900. The average molecular weight is 135 g/mol. The molecular weight excluding hydrogens is 122 g/mol. The minimum Gasteiger partial charge on any atom is -0.398 e. The molecule has 0 bridgehead atoms. The van der Waals surface area contributed by atoms with Crippen LogP contribution in [0.15, 0.2) is 12.1 Å². The molecule has 0 radical (unpaired) electrons. The number of rotatable bonds is 0. The first-order valence-electron chi connectivity index (χ1n) is 3.44. The molecule has 0 spiro atoms. The molecule has 1 rings (SSSR count). The third-order valence-electron chi connectivity index (χ3n) is 1.85. The van der Waals surface area contributed by atoms with Crippen molar-refractivity contribution in [1.29, 1.82) is 0 Å². The molecular formula is C9H13N. The Balaban J connectivity index is 3.31. The minimum absolute atomic E-state index is 0.900. The van der Waals surface area contributed by atoms with Gasteiger partial charge in [0.15, 0.2) is 0 Å². The largest absolute Gasteiger partial charge is 0.398 e. The Morgan fingerprint density at radius 2 is 1.70 bits per heavy atom. The molecule has 0 aliphatic carbocycles. The Morgan fingerprint density at radius 1 is 1.10 bits per heavy atom. The molecule has 10 heavy (non-hydrogen) atoms. The summed E-state index contributed by atoms with van der Waals surface area (Å²) in [5.41, 5.74) is 10.3. The van der Waals surface area contributed by atoms with Crippen molar-refractivity contribution in [2.24, 2.45) is 0 Å². The zero-order chi connectivity index (χ0) is 7.72. The first-order chi connectivity index (χ1) is 4.61. The fourth-order valence-corrected chi connectivity index (χ4v) is 1.07. The van der Waals surface area contributed by atoms with Crippen LogP contribution in [0.4, 0.5) is 5.69 Å². The number of nitrogen functional groups attached to an aromatic ring is 1. The maximum Gasteiger partial charge on any atom is 0.0349 e. The third-order valence-corrected chi connectivity index (χ3v) is 1.85. The van der Waals surface area contributed by atoms with Crippen LogP contribution in [-0.4, -0.2) is 0 Å². The molecule has 0 amide bonds. The standard InChI is InChI=1S/C9H13N/c1-6-4-7(2)8(3)9(10)5-6/h4-5H,10H2,1-3H3. The van der Waals surface area contributed by atoms with Crippen molar-refractivity contribution in [3.05, 3.63) is 28.8 Å². The highest BCUT2D eigenvalue weighted by Crippen LogP contribution is 2.16. The van der Waals surface area contributed by atoms with Crippen LogP contribution in [0, 0.1) is 20.8 Å². The van der Waals surface area contributed by atoms with Gasteiger partial charge in [-0.2, -0.15) is 0 Å². The number of anilines is 1. The van der Waals surface area contributed by atoms with E-state index in [0.717, 1.165) is 5.69 Å². The van der Waals surface area contributed by atoms with Gasteiger partial charge in [-0.15, -0.1) is 0 Å². The van der Waals surface area contributed by atoms with Gasteiger partial charge in [0.05, 0.1) is 0 Å². The molecule has 0 heterocycles. The Bertz CT molecular complexity index is 228. The van der Waals surface area contributed by atoms with Crippen LogP contribution in [0.3, 0.4) is 0 Å². The molecule has 0 atom stereocenters. The summed E-state index contributed by atoms with van der Waals surface area (Å²) in [5.74, 6) is 0. The van der Waals surface area contributed by atoms with Gasteiger partial charge in [0, 0.05) is 5.69 Å². The monoisotopic (exact) mass is 135 g/mol. The SMILES string of the molecule is Cc1cc(C)c(C)c(N)c1. The van der Waals surface area contributed by atoms with Gasteiger partial charge >= 0.3 is 0 Å². The van der Waals surface area contributed by atoms with Crippen LogP contribution in [-0.2, 0) is 0 Å². The molecule has 0 aromatic heterocycles. The fraction of sp³-hybridized carbons (Fsp3) is 0.333. The lowest BCUT2D eigenvalue weighted by atomic mass is 10.1. The van der Waals surface area contributed by atoms with E-state index in [9.17, 15) is 0 Å². The number of benzene rings is 1. The summed E-state index contributed by atoms with van der Waals surface area (Å²) < 4.78 is 0. The van der Waals surface area contributed by atoms with E-state index in [2.05, 4.69) is 19.9 Å². The lowest BCUT2D eigenvalue weighted by Crippen LogP contribution is -1.92. The summed E-state index contributed by atoms with van der Waals surface area (Å²) in [6.07, 6.45) is 0. The van der Waals surface area contributed by atoms with Gasteiger partial charge in [-0.25, -0.2) is 0 Å². The molecule has 0 fully saturated rings. The summed E-state index contributed by atoms with van der Waals surface area (Å²) in [4.78, 5) is 0. The van der Waals surface area contributed by atoms with Gasteiger partial charge in [0.1, 0.15) is 0 Å². The molecule has 1 nitrogen and oxygen atoms in total. The highest BCUT2D eigenvalue weighted by molar-refractivity contribution is 5.51. The predicted molar refractivity (Wildman–Crippen MR) is 45.1 cm³/mol. The fourth-order valence-electron chi connectivity index (χ4n) is 1.07. The van der Waals surface area contributed by atoms with Crippen LogP contribution < -0.4 is 5.73 Å². The van der Waals surface area contributed by atoms with Crippen molar-refractivity contribution >= 4 is 5.69 Å². The summed E-state index contributed by atoms with van der Waals surface area (Å²) >= 11 is 0. The van der Waals surface area contributed by atoms with Crippen molar-refractivity contribution in [2.75, 3.05) is 5.73 Å². The number of hydrogen-bond donors (Lipinski definition) is 1. The highest BCUT2D eigenvalue weighted by atomic mass is 14.6. The van der Waals surface area contributed by atoms with Gasteiger partial charge in [-0.05, 0) is 43.5 Å². The quantitative estimate of drug-likeness (QED) is 0.542. The second-order valence-electron chi connectivity index (χ2n) is 2.80. The summed E-state index contributed by atoms with van der Waals surface area (Å²) in [6, 6.07) is 4.15. The summed E-state index contributed by atoms with van der Waals surface area (Å²) in [6.45, 7) is 6.19. The molecule has 0 aliphatic heterocycles. The molecule has 0 unspecified atom stereocenters. The lowest BCUT2D eigenvalue weighted by molar-refractivity contribution is 1.30. The zero-order valence-electron chi connectivity index (χ0n) is 6.73. The third kappa shape index (κ3) is 1.13. The maximum absolute atomic E-state index is 5.72. The van der Waals surface area contributed by atoms with Crippen molar-refractivity contribution in [3.8, 4) is 0 Å². The summed E-state index contributed by atoms with van der Waals surface area (Å²) in [7, 11) is 0. The predicted octanol–water partition coefficient (Wildman–Crippen LogP) is 2.19. The molecule has 0 aliphatic rings. The van der Waals surface area contributed by atoms with E-state index in [-0.39, 0.29) is 0 Å². The second kappa shape index (κ2) is 2.33. The molecule has 1 aromatic rings. The molecule has 0 saturated carbocycles. The Labute approximate surface area is 61.9 Å². The number of nitrogens with two attached hydrogens (primary N) is 1. The van der Waals surface area contributed by atoms with E-state index in [1.165, 1.54) is 16.7 Å². The number of aryl methyl sites for hydroxylation is 2. The van der Waals surface area contributed by atoms with E-state index in [1.54, 1.807) is 0 Å². The number of hydrogen-bond acceptors (Lipinski definition) is 1. The Kier molecular flexibility index (Phi) is 1.66. The van der Waals surface area contributed by atoms with Crippen molar-refractivity contribution in [3.63, 3.8) is 0 Å². The Hall–Kier alpha value is -0.980. The zero-order valence-corrected chi connectivity index (χ0v) is 6.73. The van der Waals surface area contributed by atoms with Gasteiger partial charge in [-0.1, -0.05) is 6.07 Å². The highest BCUT2D eigenvalue weighted by Gasteiger charge is 1.96. The van der Waals surface area contributed by atoms with Gasteiger partial charge < -0.3 is 5.73 Å². The Morgan fingerprint density at radius 3 is 2.20 bits per heavy atom. The topological polar surface area (TPSA) is 26.0 Å². The molecule has 2 N–H and O–H groups in total. The van der Waals surface area contributed by atoms with Crippen LogP contribution in [0.1, 0.15) is 16.7 Å². The first-order valence-corrected chi connectivity index (χ1v) is 3.44. The van der Waals surface area contributed by atoms with E-state index >= 15 is 0 Å².